The summed E-state index contributed by atoms with van der Waals surface area (Å²) >= 11 is 0. The minimum absolute atomic E-state index is 0.115. The van der Waals surface area contributed by atoms with Crippen LogP contribution in [0.4, 0.5) is 11.4 Å². The van der Waals surface area contributed by atoms with Crippen LogP contribution in [0.5, 0.6) is 11.5 Å². The van der Waals surface area contributed by atoms with E-state index in [1.54, 1.807) is 48.7 Å². The lowest BCUT2D eigenvalue weighted by Crippen LogP contribution is -1.79. The molecular formula is C15H11N3O2. The highest BCUT2D eigenvalue weighted by atomic mass is 16.3. The molecule has 0 aliphatic carbocycles. The topological polar surface area (TPSA) is 78.1 Å². The van der Waals surface area contributed by atoms with Gasteiger partial charge in [-0.05, 0) is 48.5 Å². The number of phenols is 2. The lowest BCUT2D eigenvalue weighted by atomic mass is 10.2. The van der Waals surface area contributed by atoms with Crippen molar-refractivity contribution in [1.82, 2.24) is 4.98 Å². The van der Waals surface area contributed by atoms with Crippen LogP contribution in [0.15, 0.2) is 65.0 Å². The Labute approximate surface area is 114 Å². The van der Waals surface area contributed by atoms with Crippen molar-refractivity contribution in [2.24, 2.45) is 10.2 Å². The first-order valence-corrected chi connectivity index (χ1v) is 6.01. The molecule has 5 heteroatoms. The van der Waals surface area contributed by atoms with Gasteiger partial charge in [0, 0.05) is 11.6 Å². The smallest absolute Gasteiger partial charge is 0.141 e. The van der Waals surface area contributed by atoms with E-state index in [0.717, 1.165) is 5.39 Å². The fourth-order valence-corrected chi connectivity index (χ4v) is 1.86. The molecule has 1 aromatic heterocycles. The van der Waals surface area contributed by atoms with Gasteiger partial charge >= 0.3 is 0 Å². The maximum absolute atomic E-state index is 9.75. The molecule has 0 aliphatic heterocycles. The monoisotopic (exact) mass is 265 g/mol. The Hall–Kier alpha value is -2.95. The number of hydrogen-bond donors (Lipinski definition) is 2. The maximum Gasteiger partial charge on any atom is 0.141 e. The lowest BCUT2D eigenvalue weighted by molar-refractivity contribution is 0.475. The average Bonchev–Trinajstić information content (AvgIpc) is 2.49. The third-order valence-corrected chi connectivity index (χ3v) is 2.85. The van der Waals surface area contributed by atoms with E-state index in [1.807, 2.05) is 6.07 Å². The molecule has 3 rings (SSSR count). The first-order chi connectivity index (χ1) is 9.74. The number of aromatic hydroxyl groups is 2. The number of benzene rings is 2. The minimum Gasteiger partial charge on any atom is -0.508 e. The number of nitrogens with zero attached hydrogens (tertiary/aromatic N) is 3. The van der Waals surface area contributed by atoms with Crippen LogP contribution in [0.3, 0.4) is 0 Å². The van der Waals surface area contributed by atoms with Gasteiger partial charge in [-0.1, -0.05) is 0 Å². The molecular weight excluding hydrogens is 254 g/mol. The molecule has 0 saturated carbocycles. The van der Waals surface area contributed by atoms with Gasteiger partial charge in [0.25, 0.3) is 0 Å². The number of rotatable bonds is 2. The number of azo groups is 1. The van der Waals surface area contributed by atoms with Crippen molar-refractivity contribution in [2.45, 2.75) is 0 Å². The number of phenolic OH excluding ortho intramolecular Hbond substituents is 2. The highest BCUT2D eigenvalue weighted by molar-refractivity contribution is 5.93. The molecule has 3 aromatic rings. The van der Waals surface area contributed by atoms with Crippen molar-refractivity contribution in [1.29, 1.82) is 0 Å². The van der Waals surface area contributed by atoms with Crippen LogP contribution in [-0.4, -0.2) is 15.2 Å². The van der Waals surface area contributed by atoms with E-state index >= 15 is 0 Å². The Kier molecular flexibility index (Phi) is 3.01. The average molecular weight is 265 g/mol. The van der Waals surface area contributed by atoms with Gasteiger partial charge < -0.3 is 10.2 Å². The molecule has 98 valence electrons. The SMILES string of the molecule is Oc1ccc(N=Nc2ccc(O)c3ncccc23)cc1. The van der Waals surface area contributed by atoms with Crippen molar-refractivity contribution >= 4 is 22.3 Å². The van der Waals surface area contributed by atoms with Crippen molar-refractivity contribution in [2.75, 3.05) is 0 Å². The molecule has 2 aromatic carbocycles. The molecule has 0 bridgehead atoms. The summed E-state index contributed by atoms with van der Waals surface area (Å²) in [6.45, 7) is 0. The van der Waals surface area contributed by atoms with E-state index in [1.165, 1.54) is 0 Å². The Morgan fingerprint density at radius 1 is 0.850 bits per heavy atom. The number of pyridine rings is 1. The molecule has 2 N–H and O–H groups in total. The second-order valence-electron chi connectivity index (χ2n) is 4.22. The van der Waals surface area contributed by atoms with Crippen molar-refractivity contribution in [3.63, 3.8) is 0 Å². The summed E-state index contributed by atoms with van der Waals surface area (Å²) in [5, 5.41) is 28.0. The molecule has 0 unspecified atom stereocenters. The van der Waals surface area contributed by atoms with Gasteiger partial charge in [-0.2, -0.15) is 5.11 Å². The summed E-state index contributed by atoms with van der Waals surface area (Å²) in [6.07, 6.45) is 1.61. The van der Waals surface area contributed by atoms with E-state index in [9.17, 15) is 10.2 Å². The van der Waals surface area contributed by atoms with E-state index in [0.29, 0.717) is 16.9 Å². The third kappa shape index (κ3) is 2.29. The minimum atomic E-state index is 0.115. The largest absolute Gasteiger partial charge is 0.508 e. The number of fused-ring (bicyclic) bond motifs is 1. The van der Waals surface area contributed by atoms with Gasteiger partial charge in [-0.25, -0.2) is 0 Å². The quantitative estimate of drug-likeness (QED) is 0.686. The maximum atomic E-state index is 9.75. The summed E-state index contributed by atoms with van der Waals surface area (Å²) in [6, 6.07) is 13.3. The summed E-state index contributed by atoms with van der Waals surface area (Å²) in [4.78, 5) is 4.12. The summed E-state index contributed by atoms with van der Waals surface area (Å²) < 4.78 is 0. The van der Waals surface area contributed by atoms with Crippen molar-refractivity contribution < 1.29 is 10.2 Å². The Morgan fingerprint density at radius 3 is 2.45 bits per heavy atom. The zero-order valence-electron chi connectivity index (χ0n) is 10.4. The molecule has 5 nitrogen and oxygen atoms in total. The van der Waals surface area contributed by atoms with Crippen LogP contribution in [0.1, 0.15) is 0 Å². The number of hydrogen-bond acceptors (Lipinski definition) is 5. The summed E-state index contributed by atoms with van der Waals surface area (Å²) in [5.41, 5.74) is 1.75. The summed E-state index contributed by atoms with van der Waals surface area (Å²) in [5.74, 6) is 0.299. The van der Waals surface area contributed by atoms with Gasteiger partial charge in [0.2, 0.25) is 0 Å². The molecule has 0 fully saturated rings. The van der Waals surface area contributed by atoms with Crippen LogP contribution in [-0.2, 0) is 0 Å². The third-order valence-electron chi connectivity index (χ3n) is 2.85. The van der Waals surface area contributed by atoms with Gasteiger partial charge in [-0.3, -0.25) is 4.98 Å². The zero-order valence-corrected chi connectivity index (χ0v) is 10.4. The molecule has 0 aliphatic rings. The predicted octanol–water partition coefficient (Wildman–Crippen LogP) is 4.06. The van der Waals surface area contributed by atoms with Crippen LogP contribution < -0.4 is 0 Å². The molecule has 0 radical (unpaired) electrons. The van der Waals surface area contributed by atoms with Crippen LogP contribution >= 0.6 is 0 Å². The first-order valence-electron chi connectivity index (χ1n) is 6.01. The van der Waals surface area contributed by atoms with E-state index < -0.39 is 0 Å². The van der Waals surface area contributed by atoms with Gasteiger partial charge in [0.05, 0.1) is 11.4 Å². The highest BCUT2D eigenvalue weighted by Gasteiger charge is 2.05. The van der Waals surface area contributed by atoms with Crippen LogP contribution in [0.2, 0.25) is 0 Å². The van der Waals surface area contributed by atoms with E-state index in [-0.39, 0.29) is 11.5 Å². The fourth-order valence-electron chi connectivity index (χ4n) is 1.86. The van der Waals surface area contributed by atoms with Crippen LogP contribution in [0, 0.1) is 0 Å². The Balaban J connectivity index is 2.03. The van der Waals surface area contributed by atoms with Gasteiger partial charge in [0.15, 0.2) is 0 Å². The zero-order chi connectivity index (χ0) is 13.9. The fraction of sp³-hybridized carbons (Fsp3) is 0. The van der Waals surface area contributed by atoms with Crippen molar-refractivity contribution in [3.8, 4) is 11.5 Å². The molecule has 0 spiro atoms. The number of aromatic nitrogens is 1. The van der Waals surface area contributed by atoms with Gasteiger partial charge in [-0.15, -0.1) is 5.11 Å². The standard InChI is InChI=1S/C15H11N3O2/c19-11-5-3-10(4-6-11)17-18-13-7-8-14(20)15-12(13)2-1-9-16-15/h1-9,19-20H. The summed E-state index contributed by atoms with van der Waals surface area (Å²) in [7, 11) is 0. The first kappa shape index (κ1) is 12.1. The Morgan fingerprint density at radius 2 is 1.65 bits per heavy atom. The van der Waals surface area contributed by atoms with Crippen molar-refractivity contribution in [3.05, 3.63) is 54.7 Å². The predicted molar refractivity (Wildman–Crippen MR) is 75.7 cm³/mol. The molecule has 0 amide bonds. The van der Waals surface area contributed by atoms with Crippen LogP contribution in [0.25, 0.3) is 10.9 Å². The lowest BCUT2D eigenvalue weighted by Gasteiger charge is -2.02. The highest BCUT2D eigenvalue weighted by Crippen LogP contribution is 2.31. The normalized spacial score (nSPS) is 11.2. The Bertz CT molecular complexity index is 783. The molecule has 0 saturated heterocycles. The second-order valence-corrected chi connectivity index (χ2v) is 4.22. The molecule has 20 heavy (non-hydrogen) atoms. The molecule has 1 heterocycles. The second kappa shape index (κ2) is 4.97. The van der Waals surface area contributed by atoms with E-state index in [4.69, 9.17) is 0 Å². The van der Waals surface area contributed by atoms with Gasteiger partial charge in [0.1, 0.15) is 17.0 Å². The van der Waals surface area contributed by atoms with E-state index in [2.05, 4.69) is 15.2 Å². The molecule has 0 atom stereocenters.